The molecule has 0 N–H and O–H groups in total. The third-order valence-corrected chi connectivity index (χ3v) is 5.45. The van der Waals surface area contributed by atoms with E-state index in [1.54, 1.807) is 30.3 Å². The van der Waals surface area contributed by atoms with E-state index in [0.717, 1.165) is 3.97 Å². The van der Waals surface area contributed by atoms with E-state index < -0.39 is 10.0 Å². The lowest BCUT2D eigenvalue weighted by Gasteiger charge is -2.07. The monoisotopic (exact) mass is 340 g/mol. The average molecular weight is 341 g/mol. The Balaban J connectivity index is 2.10. The summed E-state index contributed by atoms with van der Waals surface area (Å²) in [6.45, 7) is 0. The van der Waals surface area contributed by atoms with Crippen molar-refractivity contribution in [1.29, 1.82) is 0 Å². The van der Waals surface area contributed by atoms with E-state index in [-0.39, 0.29) is 11.4 Å². The van der Waals surface area contributed by atoms with Crippen LogP contribution in [0.3, 0.4) is 0 Å². The molecule has 0 aliphatic heterocycles. The Morgan fingerprint density at radius 2 is 1.81 bits per heavy atom. The molecule has 0 amide bonds. The third kappa shape index (κ3) is 2.64. The Morgan fingerprint density at radius 1 is 1.10 bits per heavy atom. The van der Waals surface area contributed by atoms with Crippen LogP contribution in [0.2, 0.25) is 10.0 Å². The highest BCUT2D eigenvalue weighted by molar-refractivity contribution is 7.89. The van der Waals surface area contributed by atoms with Gasteiger partial charge >= 0.3 is 0 Å². The minimum absolute atomic E-state index is 0.112. The van der Waals surface area contributed by atoms with Gasteiger partial charge in [0.15, 0.2) is 5.65 Å². The number of nitrogens with zero attached hydrogens (tertiary/aromatic N) is 2. The average Bonchev–Trinajstić information content (AvgIpc) is 2.89. The van der Waals surface area contributed by atoms with Gasteiger partial charge < -0.3 is 0 Å². The van der Waals surface area contributed by atoms with E-state index in [2.05, 4.69) is 4.98 Å². The largest absolute Gasteiger partial charge is 0.244 e. The normalized spacial score (nSPS) is 11.9. The molecule has 4 nitrogen and oxygen atoms in total. The summed E-state index contributed by atoms with van der Waals surface area (Å²) < 4.78 is 26.2. The van der Waals surface area contributed by atoms with Crippen molar-refractivity contribution in [2.24, 2.45) is 0 Å². The van der Waals surface area contributed by atoms with Gasteiger partial charge in [0.05, 0.1) is 15.8 Å². The van der Waals surface area contributed by atoms with E-state index in [1.165, 1.54) is 12.4 Å². The van der Waals surface area contributed by atoms with Gasteiger partial charge in [-0.3, -0.25) is 0 Å². The zero-order valence-corrected chi connectivity index (χ0v) is 13.0. The van der Waals surface area contributed by atoms with Crippen LogP contribution in [-0.2, 0) is 15.8 Å². The number of rotatable bonds is 3. The maximum absolute atomic E-state index is 12.5. The summed E-state index contributed by atoms with van der Waals surface area (Å²) in [4.78, 5) is 4.08. The second-order valence-electron chi connectivity index (χ2n) is 4.51. The molecule has 7 heteroatoms. The summed E-state index contributed by atoms with van der Waals surface area (Å²) in [5.74, 6) is -0.112. The molecule has 0 fully saturated rings. The maximum atomic E-state index is 12.5. The van der Waals surface area contributed by atoms with Crippen molar-refractivity contribution in [2.45, 2.75) is 5.75 Å². The number of halogens is 2. The SMILES string of the molecule is O=S(=O)(Cc1ccccc1)n1ccc2c(Cl)c(Cl)cnc21. The lowest BCUT2D eigenvalue weighted by atomic mass is 10.2. The van der Waals surface area contributed by atoms with Crippen LogP contribution in [0.4, 0.5) is 0 Å². The summed E-state index contributed by atoms with van der Waals surface area (Å²) >= 11 is 12.0. The van der Waals surface area contributed by atoms with Gasteiger partial charge in [-0.15, -0.1) is 0 Å². The predicted molar refractivity (Wildman–Crippen MR) is 84.2 cm³/mol. The molecule has 21 heavy (non-hydrogen) atoms. The second kappa shape index (κ2) is 5.33. The zero-order valence-electron chi connectivity index (χ0n) is 10.7. The number of fused-ring (bicyclic) bond motifs is 1. The first-order chi connectivity index (χ1) is 9.99. The summed E-state index contributed by atoms with van der Waals surface area (Å²) in [6, 6.07) is 10.6. The molecule has 0 saturated carbocycles. The smallest absolute Gasteiger partial charge is 0.236 e. The maximum Gasteiger partial charge on any atom is 0.244 e. The van der Waals surface area contributed by atoms with Crippen LogP contribution < -0.4 is 0 Å². The van der Waals surface area contributed by atoms with Crippen LogP contribution in [0.5, 0.6) is 0 Å². The van der Waals surface area contributed by atoms with Crippen LogP contribution in [0.25, 0.3) is 11.0 Å². The second-order valence-corrected chi connectivity index (χ2v) is 7.14. The first-order valence-electron chi connectivity index (χ1n) is 6.07. The molecule has 0 unspecified atom stereocenters. The molecule has 1 aromatic carbocycles. The third-order valence-electron chi connectivity index (χ3n) is 3.06. The molecule has 0 spiro atoms. The molecule has 0 aliphatic carbocycles. The lowest BCUT2D eigenvalue weighted by molar-refractivity contribution is 0.588. The van der Waals surface area contributed by atoms with E-state index in [4.69, 9.17) is 23.2 Å². The molecule has 2 heterocycles. The summed E-state index contributed by atoms with van der Waals surface area (Å²) in [5.41, 5.74) is 0.986. The summed E-state index contributed by atoms with van der Waals surface area (Å²) in [5, 5.41) is 1.11. The van der Waals surface area contributed by atoms with Crippen LogP contribution in [-0.4, -0.2) is 17.4 Å². The number of aromatic nitrogens is 2. The Hall–Kier alpha value is -1.56. The van der Waals surface area contributed by atoms with E-state index >= 15 is 0 Å². The van der Waals surface area contributed by atoms with Crippen molar-refractivity contribution in [3.63, 3.8) is 0 Å². The molecule has 0 radical (unpaired) electrons. The van der Waals surface area contributed by atoms with Crippen LogP contribution in [0.15, 0.2) is 48.8 Å². The topological polar surface area (TPSA) is 52.0 Å². The quantitative estimate of drug-likeness (QED) is 0.730. The Labute approximate surface area is 132 Å². The van der Waals surface area contributed by atoms with Crippen molar-refractivity contribution in [2.75, 3.05) is 0 Å². The van der Waals surface area contributed by atoms with Crippen molar-refractivity contribution in [3.05, 3.63) is 64.4 Å². The van der Waals surface area contributed by atoms with Crippen molar-refractivity contribution in [1.82, 2.24) is 8.96 Å². The van der Waals surface area contributed by atoms with Crippen LogP contribution >= 0.6 is 23.2 Å². The van der Waals surface area contributed by atoms with E-state index in [0.29, 0.717) is 21.0 Å². The molecule has 3 aromatic rings. The van der Waals surface area contributed by atoms with Crippen molar-refractivity contribution >= 4 is 44.3 Å². The summed E-state index contributed by atoms with van der Waals surface area (Å²) in [7, 11) is -3.57. The molecule has 0 bridgehead atoms. The van der Waals surface area contributed by atoms with Gasteiger partial charge in [0.25, 0.3) is 0 Å². The minimum atomic E-state index is -3.57. The van der Waals surface area contributed by atoms with E-state index in [1.807, 2.05) is 6.07 Å². The van der Waals surface area contributed by atoms with Crippen molar-refractivity contribution < 1.29 is 8.42 Å². The fourth-order valence-corrected chi connectivity index (χ4v) is 3.84. The Bertz CT molecular complexity index is 905. The first kappa shape index (κ1) is 14.4. The molecule has 0 saturated heterocycles. The standard InChI is InChI=1S/C14H10Cl2N2O2S/c15-12-8-17-14-11(13(12)16)6-7-18(14)21(19,20)9-10-4-2-1-3-5-10/h1-8H,9H2. The van der Waals surface area contributed by atoms with Gasteiger partial charge in [-0.25, -0.2) is 17.4 Å². The number of pyridine rings is 1. The minimum Gasteiger partial charge on any atom is -0.236 e. The Morgan fingerprint density at radius 3 is 2.52 bits per heavy atom. The molecule has 0 aliphatic rings. The fourth-order valence-electron chi connectivity index (χ4n) is 2.09. The molecule has 0 atom stereocenters. The molecular weight excluding hydrogens is 331 g/mol. The zero-order chi connectivity index (χ0) is 15.0. The van der Waals surface area contributed by atoms with Gasteiger partial charge in [0, 0.05) is 17.8 Å². The van der Waals surface area contributed by atoms with Gasteiger partial charge in [-0.1, -0.05) is 53.5 Å². The predicted octanol–water partition coefficient (Wildman–Crippen LogP) is 3.72. The fraction of sp³-hybridized carbons (Fsp3) is 0.0714. The highest BCUT2D eigenvalue weighted by atomic mass is 35.5. The molecule has 108 valence electrons. The van der Waals surface area contributed by atoms with Crippen LogP contribution in [0, 0.1) is 0 Å². The first-order valence-corrected chi connectivity index (χ1v) is 8.44. The summed E-state index contributed by atoms with van der Waals surface area (Å²) in [6.07, 6.45) is 2.79. The van der Waals surface area contributed by atoms with Crippen LogP contribution in [0.1, 0.15) is 5.56 Å². The van der Waals surface area contributed by atoms with Gasteiger partial charge in [0.2, 0.25) is 10.0 Å². The molecule has 2 aromatic heterocycles. The molecular formula is C14H10Cl2N2O2S. The van der Waals surface area contributed by atoms with Gasteiger partial charge in [0.1, 0.15) is 0 Å². The lowest BCUT2D eigenvalue weighted by Crippen LogP contribution is -2.14. The highest BCUT2D eigenvalue weighted by Gasteiger charge is 2.19. The highest BCUT2D eigenvalue weighted by Crippen LogP contribution is 2.30. The number of hydrogen-bond donors (Lipinski definition) is 0. The molecule has 3 rings (SSSR count). The number of benzene rings is 1. The van der Waals surface area contributed by atoms with Crippen molar-refractivity contribution in [3.8, 4) is 0 Å². The number of hydrogen-bond acceptors (Lipinski definition) is 3. The Kier molecular flexibility index (Phi) is 3.65. The van der Waals surface area contributed by atoms with Gasteiger partial charge in [-0.2, -0.15) is 0 Å². The van der Waals surface area contributed by atoms with Gasteiger partial charge in [-0.05, 0) is 11.6 Å². The van der Waals surface area contributed by atoms with E-state index in [9.17, 15) is 8.42 Å².